The summed E-state index contributed by atoms with van der Waals surface area (Å²) in [6, 6.07) is 17.7. The predicted molar refractivity (Wildman–Crippen MR) is 115 cm³/mol. The van der Waals surface area contributed by atoms with Crippen molar-refractivity contribution in [3.63, 3.8) is 0 Å². The van der Waals surface area contributed by atoms with E-state index in [9.17, 15) is 22.7 Å². The zero-order valence-electron chi connectivity index (χ0n) is 17.0. The maximum Gasteiger partial charge on any atom is 0.434 e. The van der Waals surface area contributed by atoms with Gasteiger partial charge in [-0.2, -0.15) is 13.2 Å². The Hall–Kier alpha value is -4.14. The van der Waals surface area contributed by atoms with Gasteiger partial charge in [-0.05, 0) is 35.4 Å². The number of nitrogens with two attached hydrogens (primary N) is 1. The van der Waals surface area contributed by atoms with Gasteiger partial charge in [0, 0.05) is 17.2 Å². The van der Waals surface area contributed by atoms with Crippen LogP contribution in [0.1, 0.15) is 11.3 Å². The Morgan fingerprint density at radius 1 is 0.909 bits per heavy atom. The minimum atomic E-state index is -4.80. The van der Waals surface area contributed by atoms with Crippen molar-refractivity contribution in [2.24, 2.45) is 0 Å². The molecule has 0 aliphatic heterocycles. The van der Waals surface area contributed by atoms with Gasteiger partial charge in [0.25, 0.3) is 0 Å². The van der Waals surface area contributed by atoms with Crippen LogP contribution in [0, 0.1) is 5.82 Å². The number of phenols is 1. The fourth-order valence-electron chi connectivity index (χ4n) is 3.31. The van der Waals surface area contributed by atoms with Crippen molar-refractivity contribution in [2.45, 2.75) is 12.8 Å². The third-order valence-electron chi connectivity index (χ3n) is 4.80. The van der Waals surface area contributed by atoms with Crippen LogP contribution in [-0.4, -0.2) is 15.1 Å². The molecule has 0 amide bonds. The number of anilines is 1. The van der Waals surface area contributed by atoms with Crippen molar-refractivity contribution < 1.29 is 27.4 Å². The molecule has 0 bridgehead atoms. The third-order valence-corrected chi connectivity index (χ3v) is 4.80. The van der Waals surface area contributed by atoms with Gasteiger partial charge in [-0.3, -0.25) is 0 Å². The van der Waals surface area contributed by atoms with Crippen LogP contribution in [0.2, 0.25) is 0 Å². The zero-order valence-corrected chi connectivity index (χ0v) is 17.0. The molecule has 0 aliphatic rings. The van der Waals surface area contributed by atoms with Crippen LogP contribution >= 0.6 is 0 Å². The highest BCUT2D eigenvalue weighted by Gasteiger charge is 2.38. The Bertz CT molecular complexity index is 1280. The maximum absolute atomic E-state index is 13.8. The monoisotopic (exact) mass is 455 g/mol. The Labute approximate surface area is 186 Å². The van der Waals surface area contributed by atoms with Crippen LogP contribution in [0.15, 0.2) is 72.8 Å². The predicted octanol–water partition coefficient (Wildman–Crippen LogP) is 5.84. The average molecular weight is 455 g/mol. The molecule has 0 aliphatic carbocycles. The summed E-state index contributed by atoms with van der Waals surface area (Å²) in [5, 5.41) is 10.6. The van der Waals surface area contributed by atoms with Gasteiger partial charge in [-0.25, -0.2) is 14.4 Å². The highest BCUT2D eigenvalue weighted by molar-refractivity contribution is 5.86. The van der Waals surface area contributed by atoms with Gasteiger partial charge in [0.2, 0.25) is 5.95 Å². The van der Waals surface area contributed by atoms with Crippen LogP contribution < -0.4 is 10.5 Å². The molecule has 33 heavy (non-hydrogen) atoms. The van der Waals surface area contributed by atoms with Crippen LogP contribution in [0.25, 0.3) is 22.4 Å². The molecule has 4 rings (SSSR count). The number of hydrogen-bond donors (Lipinski definition) is 2. The van der Waals surface area contributed by atoms with E-state index in [-0.39, 0.29) is 46.3 Å². The largest absolute Gasteiger partial charge is 0.507 e. The number of rotatable bonds is 5. The normalized spacial score (nSPS) is 11.4. The van der Waals surface area contributed by atoms with Gasteiger partial charge in [0.1, 0.15) is 23.9 Å². The number of nitrogens with zero attached hydrogens (tertiary/aromatic N) is 2. The first-order valence-corrected chi connectivity index (χ1v) is 9.73. The van der Waals surface area contributed by atoms with Gasteiger partial charge >= 0.3 is 6.18 Å². The quantitative estimate of drug-likeness (QED) is 0.370. The standard InChI is InChI=1S/C24H17F4N3O2/c25-16-8-6-14(7-9-16)13-33-17-10-11-18(19(32)12-17)21-20(15-4-2-1-3-5-15)22(24(26,27)28)31-23(29)30-21/h1-12,32H,13H2,(H2,29,30,31). The van der Waals surface area contributed by atoms with E-state index in [4.69, 9.17) is 10.5 Å². The van der Waals surface area contributed by atoms with Gasteiger partial charge in [0.15, 0.2) is 5.69 Å². The number of hydrogen-bond acceptors (Lipinski definition) is 5. The molecule has 0 saturated heterocycles. The molecule has 1 aromatic heterocycles. The first-order valence-electron chi connectivity index (χ1n) is 9.73. The van der Waals surface area contributed by atoms with Crippen molar-refractivity contribution in [3.8, 4) is 33.9 Å². The summed E-state index contributed by atoms with van der Waals surface area (Å²) < 4.78 is 60.1. The van der Waals surface area contributed by atoms with Crippen LogP contribution in [0.3, 0.4) is 0 Å². The van der Waals surface area contributed by atoms with Crippen molar-refractivity contribution in [1.29, 1.82) is 0 Å². The molecule has 4 aromatic rings. The van der Waals surface area contributed by atoms with Gasteiger partial charge in [-0.1, -0.05) is 42.5 Å². The topological polar surface area (TPSA) is 81.3 Å². The smallest absolute Gasteiger partial charge is 0.434 e. The summed E-state index contributed by atoms with van der Waals surface area (Å²) in [5.41, 5.74) is 4.87. The lowest BCUT2D eigenvalue weighted by Crippen LogP contribution is -2.14. The Kier molecular flexibility index (Phi) is 5.87. The minimum absolute atomic E-state index is 0.0302. The molecule has 3 N–H and O–H groups in total. The summed E-state index contributed by atoms with van der Waals surface area (Å²) in [6.45, 7) is 0.104. The maximum atomic E-state index is 13.8. The lowest BCUT2D eigenvalue weighted by atomic mass is 9.96. The molecule has 0 atom stereocenters. The second kappa shape index (κ2) is 8.78. The molecule has 1 heterocycles. The molecule has 5 nitrogen and oxygen atoms in total. The van der Waals surface area contributed by atoms with E-state index in [0.717, 1.165) is 0 Å². The molecule has 3 aromatic carbocycles. The van der Waals surface area contributed by atoms with Gasteiger partial charge < -0.3 is 15.6 Å². The Morgan fingerprint density at radius 2 is 1.61 bits per heavy atom. The minimum Gasteiger partial charge on any atom is -0.507 e. The number of ether oxygens (including phenoxy) is 1. The van der Waals surface area contributed by atoms with Gasteiger partial charge in [-0.15, -0.1) is 0 Å². The summed E-state index contributed by atoms with van der Waals surface area (Å²) in [7, 11) is 0. The van der Waals surface area contributed by atoms with Crippen LogP contribution in [0.5, 0.6) is 11.5 Å². The highest BCUT2D eigenvalue weighted by atomic mass is 19.4. The molecule has 9 heteroatoms. The third kappa shape index (κ3) is 4.87. The van der Waals surface area contributed by atoms with E-state index in [1.165, 1.54) is 42.5 Å². The van der Waals surface area contributed by atoms with Crippen molar-refractivity contribution in [2.75, 3.05) is 5.73 Å². The fourth-order valence-corrected chi connectivity index (χ4v) is 3.31. The Morgan fingerprint density at radius 3 is 2.24 bits per heavy atom. The summed E-state index contributed by atoms with van der Waals surface area (Å²) in [5.74, 6) is -1.04. The summed E-state index contributed by atoms with van der Waals surface area (Å²) >= 11 is 0. The van der Waals surface area contributed by atoms with E-state index >= 15 is 0 Å². The molecular formula is C24H17F4N3O2. The van der Waals surface area contributed by atoms with E-state index < -0.39 is 17.8 Å². The van der Waals surface area contributed by atoms with E-state index in [2.05, 4.69) is 9.97 Å². The average Bonchev–Trinajstić information content (AvgIpc) is 2.78. The molecular weight excluding hydrogens is 438 g/mol. The number of nitrogen functional groups attached to an aromatic ring is 1. The number of phenolic OH excluding ortho intramolecular Hbond substituents is 1. The summed E-state index contributed by atoms with van der Waals surface area (Å²) in [4.78, 5) is 7.45. The van der Waals surface area contributed by atoms with Gasteiger partial charge in [0.05, 0.1) is 5.69 Å². The molecule has 0 unspecified atom stereocenters. The fraction of sp³-hybridized carbons (Fsp3) is 0.0833. The SMILES string of the molecule is Nc1nc(-c2ccc(OCc3ccc(F)cc3)cc2O)c(-c2ccccc2)c(C(F)(F)F)n1. The second-order valence-electron chi connectivity index (χ2n) is 7.11. The summed E-state index contributed by atoms with van der Waals surface area (Å²) in [6.07, 6.45) is -4.80. The lowest BCUT2D eigenvalue weighted by Gasteiger charge is -2.17. The molecule has 168 valence electrons. The first kappa shape index (κ1) is 22.1. The Balaban J connectivity index is 1.75. The van der Waals surface area contributed by atoms with Crippen molar-refractivity contribution >= 4 is 5.95 Å². The molecule has 0 spiro atoms. The molecule has 0 saturated carbocycles. The van der Waals surface area contributed by atoms with Crippen LogP contribution in [-0.2, 0) is 12.8 Å². The second-order valence-corrected chi connectivity index (χ2v) is 7.11. The van der Waals surface area contributed by atoms with Crippen molar-refractivity contribution in [1.82, 2.24) is 9.97 Å². The van der Waals surface area contributed by atoms with Crippen LogP contribution in [0.4, 0.5) is 23.5 Å². The highest BCUT2D eigenvalue weighted by Crippen LogP contribution is 2.43. The number of halogens is 4. The number of aromatic nitrogens is 2. The first-order chi connectivity index (χ1) is 15.7. The number of aromatic hydroxyl groups is 1. The number of benzene rings is 3. The molecule has 0 fully saturated rings. The van der Waals surface area contributed by atoms with Crippen molar-refractivity contribution in [3.05, 3.63) is 89.9 Å². The van der Waals surface area contributed by atoms with E-state index in [0.29, 0.717) is 5.56 Å². The zero-order chi connectivity index (χ0) is 23.6. The molecule has 0 radical (unpaired) electrons. The van der Waals surface area contributed by atoms with E-state index in [1.54, 1.807) is 30.3 Å². The lowest BCUT2D eigenvalue weighted by molar-refractivity contribution is -0.140. The van der Waals surface area contributed by atoms with E-state index in [1.807, 2.05) is 0 Å². The number of alkyl halides is 3.